The van der Waals surface area contributed by atoms with E-state index in [1.807, 2.05) is 6.07 Å². The second kappa shape index (κ2) is 7.19. The molecule has 0 aromatic heterocycles. The van der Waals surface area contributed by atoms with E-state index in [1.165, 1.54) is 5.06 Å². The number of ether oxygens (including phenoxy) is 1. The topological polar surface area (TPSA) is 76.1 Å². The van der Waals surface area contributed by atoms with Gasteiger partial charge in [-0.05, 0) is 25.0 Å². The van der Waals surface area contributed by atoms with Crippen LogP contribution >= 0.6 is 0 Å². The van der Waals surface area contributed by atoms with Crippen LogP contribution in [-0.2, 0) is 14.4 Å². The number of nitrogens with zero attached hydrogens (tertiary/aromatic N) is 1. The van der Waals surface area contributed by atoms with Crippen molar-refractivity contribution in [3.63, 3.8) is 0 Å². The first-order chi connectivity index (χ1) is 10.1. The molecule has 0 aliphatic carbocycles. The number of hydrogen-bond acceptors (Lipinski definition) is 5. The van der Waals surface area contributed by atoms with Gasteiger partial charge in [0.1, 0.15) is 0 Å². The van der Waals surface area contributed by atoms with Crippen LogP contribution in [-0.4, -0.2) is 48.4 Å². The Balaban J connectivity index is 2.05. The molecule has 2 atom stereocenters. The van der Waals surface area contributed by atoms with Crippen molar-refractivity contribution in [2.24, 2.45) is 5.92 Å². The zero-order chi connectivity index (χ0) is 15.2. The molecule has 1 heterocycles. The van der Waals surface area contributed by atoms with Gasteiger partial charge >= 0.3 is 11.9 Å². The third kappa shape index (κ3) is 4.03. The van der Waals surface area contributed by atoms with Crippen LogP contribution in [0.5, 0.6) is 0 Å². The number of aliphatic carboxylic acids is 1. The summed E-state index contributed by atoms with van der Waals surface area (Å²) < 4.78 is 5.11. The highest BCUT2D eigenvalue weighted by molar-refractivity contribution is 5.89. The quantitative estimate of drug-likeness (QED) is 0.888. The van der Waals surface area contributed by atoms with Gasteiger partial charge in [0.05, 0.1) is 24.1 Å². The lowest BCUT2D eigenvalue weighted by Gasteiger charge is -2.35. The number of hydroxylamine groups is 2. The molecular weight excluding hydrogens is 274 g/mol. The van der Waals surface area contributed by atoms with Crippen LogP contribution in [0.4, 0.5) is 0 Å². The van der Waals surface area contributed by atoms with Crippen molar-refractivity contribution < 1.29 is 24.3 Å². The fraction of sp³-hybridized carbons (Fsp3) is 0.467. The van der Waals surface area contributed by atoms with E-state index in [0.717, 1.165) is 0 Å². The van der Waals surface area contributed by atoms with E-state index in [2.05, 4.69) is 0 Å². The molecule has 21 heavy (non-hydrogen) atoms. The first kappa shape index (κ1) is 15.5. The molecule has 0 radical (unpaired) electrons. The van der Waals surface area contributed by atoms with E-state index in [4.69, 9.17) is 14.7 Å². The van der Waals surface area contributed by atoms with Crippen molar-refractivity contribution in [1.82, 2.24) is 5.06 Å². The highest BCUT2D eigenvalue weighted by Crippen LogP contribution is 2.23. The number of carbonyl (C=O) groups is 2. The number of carbonyl (C=O) groups excluding carboxylic acids is 1. The van der Waals surface area contributed by atoms with E-state index >= 15 is 0 Å². The third-order valence-electron chi connectivity index (χ3n) is 3.57. The van der Waals surface area contributed by atoms with Gasteiger partial charge < -0.3 is 14.7 Å². The Morgan fingerprint density at radius 2 is 2.00 bits per heavy atom. The number of carboxylic acids is 1. The summed E-state index contributed by atoms with van der Waals surface area (Å²) in [6, 6.07) is 8.52. The highest BCUT2D eigenvalue weighted by atomic mass is 16.7. The molecule has 6 heteroatoms. The number of benzene rings is 1. The predicted octanol–water partition coefficient (Wildman–Crippen LogP) is 1.57. The molecule has 1 aliphatic rings. The maximum absolute atomic E-state index is 12.1. The standard InChI is InChI=1S/C15H19NO5/c1-20-10-13-8-7-12(14(17)18)9-16(13)21-15(19)11-5-3-2-4-6-11/h2-6,12-13H,7-10H2,1H3,(H,17,18)/t12-,13-/m0/s1. The maximum Gasteiger partial charge on any atom is 0.357 e. The summed E-state index contributed by atoms with van der Waals surface area (Å²) in [6.07, 6.45) is 1.18. The number of hydrogen-bond donors (Lipinski definition) is 1. The molecule has 0 bridgehead atoms. The zero-order valence-corrected chi connectivity index (χ0v) is 11.9. The summed E-state index contributed by atoms with van der Waals surface area (Å²) >= 11 is 0. The summed E-state index contributed by atoms with van der Waals surface area (Å²) in [5.74, 6) is -1.88. The summed E-state index contributed by atoms with van der Waals surface area (Å²) in [4.78, 5) is 28.6. The van der Waals surface area contributed by atoms with Gasteiger partial charge in [-0.3, -0.25) is 4.79 Å². The van der Waals surface area contributed by atoms with Gasteiger partial charge in [0.25, 0.3) is 0 Å². The Hall–Kier alpha value is -1.92. The monoisotopic (exact) mass is 293 g/mol. The van der Waals surface area contributed by atoms with Crippen LogP contribution in [0.3, 0.4) is 0 Å². The number of piperidine rings is 1. The first-order valence-electron chi connectivity index (χ1n) is 6.87. The smallest absolute Gasteiger partial charge is 0.357 e. The van der Waals surface area contributed by atoms with Crippen LogP contribution in [0.15, 0.2) is 30.3 Å². The Labute approximate surface area is 123 Å². The molecule has 1 fully saturated rings. The minimum atomic E-state index is -0.869. The average molecular weight is 293 g/mol. The van der Waals surface area contributed by atoms with E-state index in [0.29, 0.717) is 25.0 Å². The molecule has 1 saturated heterocycles. The maximum atomic E-state index is 12.1. The number of methoxy groups -OCH3 is 1. The summed E-state index contributed by atoms with van der Waals surface area (Å²) in [5, 5.41) is 10.6. The minimum absolute atomic E-state index is 0.113. The Bertz CT molecular complexity index is 490. The van der Waals surface area contributed by atoms with Crippen LogP contribution in [0, 0.1) is 5.92 Å². The van der Waals surface area contributed by atoms with Crippen molar-refractivity contribution in [3.05, 3.63) is 35.9 Å². The lowest BCUT2D eigenvalue weighted by Crippen LogP contribution is -2.48. The van der Waals surface area contributed by atoms with Crippen LogP contribution in [0.2, 0.25) is 0 Å². The van der Waals surface area contributed by atoms with Gasteiger partial charge in [-0.1, -0.05) is 18.2 Å². The third-order valence-corrected chi connectivity index (χ3v) is 3.57. The Kier molecular flexibility index (Phi) is 5.30. The zero-order valence-electron chi connectivity index (χ0n) is 11.9. The molecule has 0 spiro atoms. The van der Waals surface area contributed by atoms with Gasteiger partial charge in [-0.25, -0.2) is 4.79 Å². The second-order valence-corrected chi connectivity index (χ2v) is 5.07. The molecule has 1 N–H and O–H groups in total. The van der Waals surface area contributed by atoms with Gasteiger partial charge in [0.2, 0.25) is 0 Å². The highest BCUT2D eigenvalue weighted by Gasteiger charge is 2.34. The summed E-state index contributed by atoms with van der Waals surface area (Å²) in [6.45, 7) is 0.580. The van der Waals surface area contributed by atoms with Crippen LogP contribution in [0.25, 0.3) is 0 Å². The Morgan fingerprint density at radius 3 is 2.62 bits per heavy atom. The fourth-order valence-corrected chi connectivity index (χ4v) is 2.40. The molecule has 6 nitrogen and oxygen atoms in total. The van der Waals surface area contributed by atoms with Gasteiger partial charge in [0, 0.05) is 13.7 Å². The number of rotatable bonds is 5. The van der Waals surface area contributed by atoms with Crippen LogP contribution in [0.1, 0.15) is 23.2 Å². The largest absolute Gasteiger partial charge is 0.481 e. The molecular formula is C15H19NO5. The lowest BCUT2D eigenvalue weighted by molar-refractivity contribution is -0.181. The van der Waals surface area contributed by atoms with Gasteiger partial charge in [0.15, 0.2) is 0 Å². The second-order valence-electron chi connectivity index (χ2n) is 5.07. The van der Waals surface area contributed by atoms with Gasteiger partial charge in [-0.2, -0.15) is 0 Å². The predicted molar refractivity (Wildman–Crippen MR) is 74.6 cm³/mol. The van der Waals surface area contributed by atoms with Crippen molar-refractivity contribution in [2.75, 3.05) is 20.3 Å². The molecule has 1 aromatic carbocycles. The Morgan fingerprint density at radius 1 is 1.29 bits per heavy atom. The molecule has 1 aliphatic heterocycles. The van der Waals surface area contributed by atoms with E-state index in [1.54, 1.807) is 31.4 Å². The van der Waals surface area contributed by atoms with Crippen molar-refractivity contribution in [3.8, 4) is 0 Å². The lowest BCUT2D eigenvalue weighted by atomic mass is 9.95. The molecule has 2 rings (SSSR count). The average Bonchev–Trinajstić information content (AvgIpc) is 2.50. The molecule has 0 amide bonds. The molecule has 1 aromatic rings. The summed E-state index contributed by atoms with van der Waals surface area (Å²) in [7, 11) is 1.57. The fourth-order valence-electron chi connectivity index (χ4n) is 2.40. The van der Waals surface area contributed by atoms with Crippen LogP contribution < -0.4 is 0 Å². The molecule has 114 valence electrons. The minimum Gasteiger partial charge on any atom is -0.481 e. The van der Waals surface area contributed by atoms with Crippen molar-refractivity contribution >= 4 is 11.9 Å². The first-order valence-corrected chi connectivity index (χ1v) is 6.87. The normalized spacial score (nSPS) is 22.7. The number of carboxylic acid groups (broad SMARTS) is 1. The summed E-state index contributed by atoms with van der Waals surface area (Å²) in [5.41, 5.74) is 0.436. The molecule has 0 unspecified atom stereocenters. The SMILES string of the molecule is COC[C@@H]1CC[C@H](C(=O)O)CN1OC(=O)c1ccccc1. The van der Waals surface area contributed by atoms with Crippen molar-refractivity contribution in [1.29, 1.82) is 0 Å². The van der Waals surface area contributed by atoms with Gasteiger partial charge in [-0.15, -0.1) is 5.06 Å². The van der Waals surface area contributed by atoms with E-state index in [9.17, 15) is 9.59 Å². The van der Waals surface area contributed by atoms with Crippen molar-refractivity contribution in [2.45, 2.75) is 18.9 Å². The molecule has 0 saturated carbocycles. The van der Waals surface area contributed by atoms with E-state index < -0.39 is 17.9 Å². The van der Waals surface area contributed by atoms with E-state index in [-0.39, 0.29) is 12.6 Å².